The Morgan fingerprint density at radius 1 is 1.18 bits per heavy atom. The third-order valence-electron chi connectivity index (χ3n) is 3.36. The molecule has 0 spiro atoms. The average molecular weight is 299 g/mol. The smallest absolute Gasteiger partial charge is 0.271 e. The van der Waals surface area contributed by atoms with Crippen molar-refractivity contribution in [1.82, 2.24) is 15.1 Å². The zero-order valence-electron chi connectivity index (χ0n) is 12.8. The monoisotopic (exact) mass is 299 g/mol. The van der Waals surface area contributed by atoms with Crippen LogP contribution in [0.15, 0.2) is 47.3 Å². The molecule has 0 unspecified atom stereocenters. The summed E-state index contributed by atoms with van der Waals surface area (Å²) in [5, 5.41) is 6.96. The van der Waals surface area contributed by atoms with Crippen LogP contribution in [-0.4, -0.2) is 22.2 Å². The summed E-state index contributed by atoms with van der Waals surface area (Å²) in [6, 6.07) is 12.8. The van der Waals surface area contributed by atoms with Crippen LogP contribution in [0.1, 0.15) is 35.8 Å². The van der Waals surface area contributed by atoms with Crippen LogP contribution in [0.2, 0.25) is 0 Å². The third-order valence-corrected chi connectivity index (χ3v) is 3.36. The number of nitrogens with one attached hydrogen (secondary N) is 1. The number of benzene rings is 1. The van der Waals surface area contributed by atoms with Crippen molar-refractivity contribution in [2.45, 2.75) is 32.7 Å². The summed E-state index contributed by atoms with van der Waals surface area (Å²) in [7, 11) is 0. The van der Waals surface area contributed by atoms with Gasteiger partial charge >= 0.3 is 0 Å². The number of amides is 1. The maximum absolute atomic E-state index is 12.1. The molecule has 0 radical (unpaired) electrons. The minimum Gasteiger partial charge on any atom is -0.350 e. The molecule has 0 aliphatic heterocycles. The molecule has 2 rings (SSSR count). The van der Waals surface area contributed by atoms with Crippen LogP contribution in [0.5, 0.6) is 0 Å². The number of carbonyl (C=O) groups is 1. The number of hydrogen-bond donors (Lipinski definition) is 1. The van der Waals surface area contributed by atoms with Crippen molar-refractivity contribution >= 4 is 5.91 Å². The number of carbonyl (C=O) groups excluding carboxylic acids is 1. The maximum atomic E-state index is 12.1. The molecule has 1 aromatic heterocycles. The summed E-state index contributed by atoms with van der Waals surface area (Å²) in [6.07, 6.45) is 2.61. The minimum absolute atomic E-state index is 0.172. The van der Waals surface area contributed by atoms with E-state index in [2.05, 4.69) is 10.4 Å². The number of hydrogen-bond acceptors (Lipinski definition) is 3. The second-order valence-electron chi connectivity index (χ2n) is 5.13. The molecule has 5 heteroatoms. The highest BCUT2D eigenvalue weighted by atomic mass is 16.2. The van der Waals surface area contributed by atoms with Gasteiger partial charge in [0.15, 0.2) is 0 Å². The van der Waals surface area contributed by atoms with Gasteiger partial charge in [-0.2, -0.15) is 5.10 Å². The number of aromatic nitrogens is 2. The van der Waals surface area contributed by atoms with E-state index in [1.54, 1.807) is 0 Å². The Hall–Kier alpha value is -2.43. The summed E-state index contributed by atoms with van der Waals surface area (Å²) in [6.45, 7) is 3.13. The molecular formula is C17H21N3O2. The van der Waals surface area contributed by atoms with Crippen molar-refractivity contribution in [3.8, 4) is 0 Å². The lowest BCUT2D eigenvalue weighted by Gasteiger charge is -2.07. The van der Waals surface area contributed by atoms with Gasteiger partial charge < -0.3 is 5.32 Å². The van der Waals surface area contributed by atoms with E-state index in [0.29, 0.717) is 13.1 Å². The van der Waals surface area contributed by atoms with Crippen LogP contribution in [0.3, 0.4) is 0 Å². The van der Waals surface area contributed by atoms with E-state index in [-0.39, 0.29) is 17.2 Å². The molecule has 0 fully saturated rings. The second kappa shape index (κ2) is 8.12. The molecule has 5 nitrogen and oxygen atoms in total. The van der Waals surface area contributed by atoms with Crippen LogP contribution in [0, 0.1) is 0 Å². The van der Waals surface area contributed by atoms with Gasteiger partial charge in [0.05, 0.1) is 0 Å². The Morgan fingerprint density at radius 2 is 1.95 bits per heavy atom. The van der Waals surface area contributed by atoms with Crippen LogP contribution in [0.4, 0.5) is 0 Å². The average Bonchev–Trinajstić information content (AvgIpc) is 2.55. The van der Waals surface area contributed by atoms with Crippen LogP contribution >= 0.6 is 0 Å². The Kier molecular flexibility index (Phi) is 5.89. The SMILES string of the molecule is CCCCn1nc(C(=O)NCCc2ccccc2)ccc1=O. The highest BCUT2D eigenvalue weighted by molar-refractivity contribution is 5.91. The first-order chi connectivity index (χ1) is 10.7. The Labute approximate surface area is 130 Å². The van der Waals surface area contributed by atoms with Gasteiger partial charge in [0.25, 0.3) is 11.5 Å². The zero-order valence-corrected chi connectivity index (χ0v) is 12.8. The fraction of sp³-hybridized carbons (Fsp3) is 0.353. The molecule has 22 heavy (non-hydrogen) atoms. The fourth-order valence-corrected chi connectivity index (χ4v) is 2.09. The summed E-state index contributed by atoms with van der Waals surface area (Å²) in [5.41, 5.74) is 1.28. The first-order valence-electron chi connectivity index (χ1n) is 7.61. The molecule has 0 aliphatic carbocycles. The maximum Gasteiger partial charge on any atom is 0.271 e. The lowest BCUT2D eigenvalue weighted by Crippen LogP contribution is -2.30. The Bertz CT molecular complexity index is 665. The van der Waals surface area contributed by atoms with Crippen molar-refractivity contribution in [1.29, 1.82) is 0 Å². The molecule has 1 heterocycles. The van der Waals surface area contributed by atoms with Crippen molar-refractivity contribution in [3.63, 3.8) is 0 Å². The van der Waals surface area contributed by atoms with Gasteiger partial charge in [-0.25, -0.2) is 4.68 Å². The van der Waals surface area contributed by atoms with E-state index < -0.39 is 0 Å². The first-order valence-corrected chi connectivity index (χ1v) is 7.61. The summed E-state index contributed by atoms with van der Waals surface area (Å²) < 4.78 is 1.36. The van der Waals surface area contributed by atoms with Crippen molar-refractivity contribution in [3.05, 3.63) is 64.1 Å². The van der Waals surface area contributed by atoms with Crippen molar-refractivity contribution < 1.29 is 4.79 Å². The van der Waals surface area contributed by atoms with Gasteiger partial charge in [0.1, 0.15) is 5.69 Å². The minimum atomic E-state index is -0.249. The van der Waals surface area contributed by atoms with E-state index in [1.807, 2.05) is 37.3 Å². The topological polar surface area (TPSA) is 64.0 Å². The molecular weight excluding hydrogens is 278 g/mol. The molecule has 0 atom stereocenters. The molecule has 0 aliphatic rings. The predicted octanol–water partition coefficient (Wildman–Crippen LogP) is 2.02. The fourth-order valence-electron chi connectivity index (χ4n) is 2.09. The molecule has 1 aromatic carbocycles. The quantitative estimate of drug-likeness (QED) is 0.850. The van der Waals surface area contributed by atoms with Gasteiger partial charge in [0.2, 0.25) is 0 Å². The molecule has 0 bridgehead atoms. The summed E-state index contributed by atoms with van der Waals surface area (Å²) in [4.78, 5) is 23.8. The van der Waals surface area contributed by atoms with Gasteiger partial charge in [-0.1, -0.05) is 43.7 Å². The first kappa shape index (κ1) is 15.9. The summed E-state index contributed by atoms with van der Waals surface area (Å²) >= 11 is 0. The molecule has 2 aromatic rings. The lowest BCUT2D eigenvalue weighted by molar-refractivity contribution is 0.0946. The van der Waals surface area contributed by atoms with E-state index in [1.165, 1.54) is 22.4 Å². The van der Waals surface area contributed by atoms with E-state index in [4.69, 9.17) is 0 Å². The number of nitrogens with zero attached hydrogens (tertiary/aromatic N) is 2. The second-order valence-corrected chi connectivity index (χ2v) is 5.13. The van der Waals surface area contributed by atoms with Gasteiger partial charge in [-0.3, -0.25) is 9.59 Å². The van der Waals surface area contributed by atoms with E-state index in [9.17, 15) is 9.59 Å². The largest absolute Gasteiger partial charge is 0.350 e. The zero-order chi connectivity index (χ0) is 15.8. The van der Waals surface area contributed by atoms with E-state index >= 15 is 0 Å². The van der Waals surface area contributed by atoms with Crippen LogP contribution in [-0.2, 0) is 13.0 Å². The highest BCUT2D eigenvalue weighted by Gasteiger charge is 2.09. The predicted molar refractivity (Wildman–Crippen MR) is 85.9 cm³/mol. The van der Waals surface area contributed by atoms with Crippen molar-refractivity contribution in [2.24, 2.45) is 0 Å². The van der Waals surface area contributed by atoms with Gasteiger partial charge in [-0.05, 0) is 24.5 Å². The number of unbranched alkanes of at least 4 members (excludes halogenated alkanes) is 1. The molecule has 1 N–H and O–H groups in total. The molecule has 1 amide bonds. The Balaban J connectivity index is 1.93. The van der Waals surface area contributed by atoms with Gasteiger partial charge in [0, 0.05) is 19.2 Å². The standard InChI is InChI=1S/C17H21N3O2/c1-2-3-13-20-16(21)10-9-15(19-20)17(22)18-12-11-14-7-5-4-6-8-14/h4-10H,2-3,11-13H2,1H3,(H,18,22). The molecule has 116 valence electrons. The van der Waals surface area contributed by atoms with Gasteiger partial charge in [-0.15, -0.1) is 0 Å². The highest BCUT2D eigenvalue weighted by Crippen LogP contribution is 1.99. The van der Waals surface area contributed by atoms with Crippen LogP contribution in [0.25, 0.3) is 0 Å². The summed E-state index contributed by atoms with van der Waals surface area (Å²) in [5.74, 6) is -0.249. The molecule has 0 saturated heterocycles. The van der Waals surface area contributed by atoms with Crippen molar-refractivity contribution in [2.75, 3.05) is 6.54 Å². The van der Waals surface area contributed by atoms with E-state index in [0.717, 1.165) is 19.3 Å². The number of aryl methyl sites for hydroxylation is 1. The number of rotatable bonds is 7. The lowest BCUT2D eigenvalue weighted by atomic mass is 10.1. The Morgan fingerprint density at radius 3 is 2.68 bits per heavy atom. The third kappa shape index (κ3) is 4.55. The normalized spacial score (nSPS) is 10.4. The van der Waals surface area contributed by atoms with Crippen LogP contribution < -0.4 is 10.9 Å². The molecule has 0 saturated carbocycles.